The van der Waals surface area contributed by atoms with Crippen molar-refractivity contribution in [3.05, 3.63) is 0 Å². The van der Waals surface area contributed by atoms with Crippen LogP contribution in [0.3, 0.4) is 0 Å². The van der Waals surface area contributed by atoms with E-state index in [-0.39, 0.29) is 23.9 Å². The second-order valence-corrected chi connectivity index (χ2v) is 3.49. The molecule has 2 unspecified atom stereocenters. The first-order valence-electron chi connectivity index (χ1n) is 4.64. The summed E-state index contributed by atoms with van der Waals surface area (Å²) >= 11 is 0. The van der Waals surface area contributed by atoms with Crippen molar-refractivity contribution in [1.29, 1.82) is 0 Å². The van der Waals surface area contributed by atoms with Gasteiger partial charge in [0.25, 0.3) is 0 Å². The number of hydrogen-bond acceptors (Lipinski definition) is 4. The van der Waals surface area contributed by atoms with E-state index in [0.29, 0.717) is 13.2 Å². The van der Waals surface area contributed by atoms with Crippen molar-refractivity contribution in [2.45, 2.75) is 25.9 Å². The minimum Gasteiger partial charge on any atom is -0.383 e. The Hall–Kier alpha value is -0.940. The van der Waals surface area contributed by atoms with Gasteiger partial charge in [0.1, 0.15) is 6.04 Å². The number of ether oxygens (including phenoxy) is 1. The molecule has 80 valence electrons. The summed E-state index contributed by atoms with van der Waals surface area (Å²) in [6.07, 6.45) is 0. The molecular formula is C9H16N2O3. The molecule has 0 aromatic heterocycles. The maximum Gasteiger partial charge on any atom is 0.248 e. The molecule has 1 aliphatic rings. The quantitative estimate of drug-likeness (QED) is 0.644. The van der Waals surface area contributed by atoms with Crippen LogP contribution in [0.5, 0.6) is 0 Å². The monoisotopic (exact) mass is 200 g/mol. The number of amides is 2. The molecule has 0 bridgehead atoms. The number of carbonyl (C=O) groups excluding carboxylic acids is 2. The van der Waals surface area contributed by atoms with Gasteiger partial charge in [-0.25, -0.2) is 0 Å². The summed E-state index contributed by atoms with van der Waals surface area (Å²) in [6, 6.07) is -0.465. The molecule has 0 aliphatic carbocycles. The van der Waals surface area contributed by atoms with E-state index in [4.69, 9.17) is 4.74 Å². The average Bonchev–Trinajstić information content (AvgIpc) is 2.10. The fourth-order valence-electron chi connectivity index (χ4n) is 1.64. The molecule has 5 nitrogen and oxygen atoms in total. The van der Waals surface area contributed by atoms with Gasteiger partial charge in [0, 0.05) is 26.6 Å². The topological polar surface area (TPSA) is 58.6 Å². The van der Waals surface area contributed by atoms with E-state index < -0.39 is 0 Å². The molecule has 2 amide bonds. The largest absolute Gasteiger partial charge is 0.383 e. The number of rotatable bonds is 2. The van der Waals surface area contributed by atoms with E-state index in [1.54, 1.807) is 0 Å². The minimum absolute atomic E-state index is 0.0758. The van der Waals surface area contributed by atoms with Gasteiger partial charge in [0.15, 0.2) is 0 Å². The molecule has 0 spiro atoms. The molecule has 0 aromatic carbocycles. The van der Waals surface area contributed by atoms with Crippen molar-refractivity contribution >= 4 is 11.8 Å². The van der Waals surface area contributed by atoms with Crippen molar-refractivity contribution in [3.63, 3.8) is 0 Å². The zero-order valence-corrected chi connectivity index (χ0v) is 8.74. The third kappa shape index (κ3) is 2.10. The first-order valence-corrected chi connectivity index (χ1v) is 4.64. The smallest absolute Gasteiger partial charge is 0.248 e. The van der Waals surface area contributed by atoms with E-state index in [2.05, 4.69) is 5.32 Å². The molecule has 14 heavy (non-hydrogen) atoms. The molecule has 1 N–H and O–H groups in total. The van der Waals surface area contributed by atoms with Gasteiger partial charge in [-0.3, -0.25) is 14.5 Å². The molecular weight excluding hydrogens is 184 g/mol. The summed E-state index contributed by atoms with van der Waals surface area (Å²) < 4.78 is 4.89. The van der Waals surface area contributed by atoms with Crippen LogP contribution >= 0.6 is 0 Å². The standard InChI is InChI=1S/C9H16N2O3/c1-6-4-10-8(5-14-3)9(13)11(6)7(2)12/h6,8,10H,4-5H2,1-3H3. The number of nitrogens with one attached hydrogen (secondary N) is 1. The summed E-state index contributed by atoms with van der Waals surface area (Å²) in [6.45, 7) is 4.17. The first-order chi connectivity index (χ1) is 6.57. The van der Waals surface area contributed by atoms with E-state index in [1.165, 1.54) is 18.9 Å². The highest BCUT2D eigenvalue weighted by molar-refractivity contribution is 5.97. The van der Waals surface area contributed by atoms with Gasteiger partial charge >= 0.3 is 0 Å². The molecule has 0 saturated carbocycles. The zero-order valence-electron chi connectivity index (χ0n) is 8.74. The highest BCUT2D eigenvalue weighted by Gasteiger charge is 2.34. The van der Waals surface area contributed by atoms with E-state index >= 15 is 0 Å². The number of nitrogens with zero attached hydrogens (tertiary/aromatic N) is 1. The molecule has 5 heteroatoms. The first kappa shape index (κ1) is 11.1. The summed E-state index contributed by atoms with van der Waals surface area (Å²) in [5, 5.41) is 3.04. The third-order valence-corrected chi connectivity index (χ3v) is 2.31. The fourth-order valence-corrected chi connectivity index (χ4v) is 1.64. The number of imide groups is 1. The van der Waals surface area contributed by atoms with Crippen molar-refractivity contribution in [2.24, 2.45) is 0 Å². The van der Waals surface area contributed by atoms with Gasteiger partial charge in [-0.2, -0.15) is 0 Å². The van der Waals surface area contributed by atoms with Crippen molar-refractivity contribution in [1.82, 2.24) is 10.2 Å². The van der Waals surface area contributed by atoms with Gasteiger partial charge in [0.05, 0.1) is 6.61 Å². The number of carbonyl (C=O) groups is 2. The predicted octanol–water partition coefficient (Wildman–Crippen LogP) is -0.632. The maximum atomic E-state index is 11.7. The Labute approximate surface area is 83.4 Å². The van der Waals surface area contributed by atoms with Crippen LogP contribution in [0.1, 0.15) is 13.8 Å². The third-order valence-electron chi connectivity index (χ3n) is 2.31. The highest BCUT2D eigenvalue weighted by Crippen LogP contribution is 2.08. The van der Waals surface area contributed by atoms with Gasteiger partial charge in [-0.15, -0.1) is 0 Å². The highest BCUT2D eigenvalue weighted by atomic mass is 16.5. The van der Waals surface area contributed by atoms with Crippen LogP contribution < -0.4 is 5.32 Å². The lowest BCUT2D eigenvalue weighted by atomic mass is 10.1. The number of piperazine rings is 1. The zero-order chi connectivity index (χ0) is 10.7. The molecule has 1 saturated heterocycles. The Morgan fingerprint density at radius 1 is 1.71 bits per heavy atom. The van der Waals surface area contributed by atoms with Gasteiger partial charge in [-0.05, 0) is 6.92 Å². The summed E-state index contributed by atoms with van der Waals surface area (Å²) in [7, 11) is 1.53. The van der Waals surface area contributed by atoms with Crippen molar-refractivity contribution < 1.29 is 14.3 Å². The SMILES string of the molecule is COCC1NCC(C)N(C(C)=O)C1=O. The second-order valence-electron chi connectivity index (χ2n) is 3.49. The summed E-state index contributed by atoms with van der Waals surface area (Å²) in [5.41, 5.74) is 0. The van der Waals surface area contributed by atoms with E-state index in [9.17, 15) is 9.59 Å². The lowest BCUT2D eigenvalue weighted by molar-refractivity contribution is -0.150. The van der Waals surface area contributed by atoms with Crippen LogP contribution in [0, 0.1) is 0 Å². The van der Waals surface area contributed by atoms with Crippen LogP contribution in [0.25, 0.3) is 0 Å². The molecule has 0 aromatic rings. The van der Waals surface area contributed by atoms with Crippen molar-refractivity contribution in [3.8, 4) is 0 Å². The van der Waals surface area contributed by atoms with Crippen LogP contribution in [0.2, 0.25) is 0 Å². The molecule has 1 heterocycles. The Morgan fingerprint density at radius 2 is 2.36 bits per heavy atom. The molecule has 0 radical (unpaired) electrons. The van der Waals surface area contributed by atoms with Gasteiger partial charge < -0.3 is 10.1 Å². The fraction of sp³-hybridized carbons (Fsp3) is 0.778. The minimum atomic E-state index is -0.389. The van der Waals surface area contributed by atoms with Crippen LogP contribution in [0.4, 0.5) is 0 Å². The van der Waals surface area contributed by atoms with Crippen molar-refractivity contribution in [2.75, 3.05) is 20.3 Å². The average molecular weight is 200 g/mol. The number of hydrogen-bond donors (Lipinski definition) is 1. The molecule has 1 rings (SSSR count). The Bertz CT molecular complexity index is 242. The molecule has 1 fully saturated rings. The maximum absolute atomic E-state index is 11.7. The van der Waals surface area contributed by atoms with Gasteiger partial charge in [-0.1, -0.05) is 0 Å². The van der Waals surface area contributed by atoms with Crippen LogP contribution in [0.15, 0.2) is 0 Å². The summed E-state index contributed by atoms with van der Waals surface area (Å²) in [5.74, 6) is -0.400. The normalized spacial score (nSPS) is 27.9. The number of methoxy groups -OCH3 is 1. The lowest BCUT2D eigenvalue weighted by Gasteiger charge is -2.35. The Kier molecular flexibility index (Phi) is 3.60. The van der Waals surface area contributed by atoms with Crippen LogP contribution in [-0.2, 0) is 14.3 Å². The Morgan fingerprint density at radius 3 is 2.86 bits per heavy atom. The van der Waals surface area contributed by atoms with E-state index in [1.807, 2.05) is 6.92 Å². The predicted molar refractivity (Wildman–Crippen MR) is 50.7 cm³/mol. The second kappa shape index (κ2) is 4.52. The van der Waals surface area contributed by atoms with Crippen LogP contribution in [-0.4, -0.2) is 49.1 Å². The van der Waals surface area contributed by atoms with Gasteiger partial charge in [0.2, 0.25) is 11.8 Å². The lowest BCUT2D eigenvalue weighted by Crippen LogP contribution is -2.61. The summed E-state index contributed by atoms with van der Waals surface area (Å²) in [4.78, 5) is 24.2. The molecule has 1 aliphatic heterocycles. The Balaban J connectivity index is 2.72. The van der Waals surface area contributed by atoms with E-state index in [0.717, 1.165) is 0 Å². The molecule has 2 atom stereocenters.